The first-order valence-corrected chi connectivity index (χ1v) is 5.04. The van der Waals surface area contributed by atoms with Crippen molar-refractivity contribution in [3.8, 4) is 11.1 Å². The van der Waals surface area contributed by atoms with Crippen LogP contribution >= 0.6 is 23.2 Å². The van der Waals surface area contributed by atoms with Gasteiger partial charge in [-0.1, -0.05) is 23.2 Å². The number of aromatic nitrogens is 3. The molecule has 0 fully saturated rings. The summed E-state index contributed by atoms with van der Waals surface area (Å²) in [6, 6.07) is 3.58. The fourth-order valence-corrected chi connectivity index (χ4v) is 1.63. The van der Waals surface area contributed by atoms with Gasteiger partial charge in [-0.25, -0.2) is 0 Å². The molecule has 0 amide bonds. The van der Waals surface area contributed by atoms with Gasteiger partial charge < -0.3 is 0 Å². The molecule has 0 atom stereocenters. The van der Waals surface area contributed by atoms with E-state index in [-0.39, 0.29) is 0 Å². The molecule has 0 bridgehead atoms. The molecule has 0 spiro atoms. The van der Waals surface area contributed by atoms with Crippen LogP contribution in [0.15, 0.2) is 24.5 Å². The molecule has 2 rings (SSSR count). The Hall–Kier alpha value is -1.19. The van der Waals surface area contributed by atoms with Crippen LogP contribution in [0.4, 0.5) is 0 Å². The van der Waals surface area contributed by atoms with Crippen LogP contribution in [0.3, 0.4) is 0 Å². The predicted molar refractivity (Wildman–Crippen MR) is 60.0 cm³/mol. The molecular weight excluding hydrogens is 233 g/mol. The lowest BCUT2D eigenvalue weighted by Crippen LogP contribution is -1.90. The first-order valence-electron chi connectivity index (χ1n) is 4.28. The number of aryl methyl sites for hydroxylation is 1. The van der Waals surface area contributed by atoms with Crippen molar-refractivity contribution in [1.29, 1.82) is 0 Å². The molecule has 0 aromatic carbocycles. The van der Waals surface area contributed by atoms with Crippen LogP contribution < -0.4 is 0 Å². The molecule has 0 saturated carbocycles. The van der Waals surface area contributed by atoms with Crippen molar-refractivity contribution in [2.45, 2.75) is 6.92 Å². The fraction of sp³-hybridized carbons (Fsp3) is 0.100. The molecule has 2 aromatic heterocycles. The lowest BCUT2D eigenvalue weighted by molar-refractivity contribution is 1.03. The lowest BCUT2D eigenvalue weighted by Gasteiger charge is -2.05. The van der Waals surface area contributed by atoms with E-state index in [9.17, 15) is 0 Å². The van der Waals surface area contributed by atoms with Crippen molar-refractivity contribution in [1.82, 2.24) is 15.2 Å². The quantitative estimate of drug-likeness (QED) is 0.768. The zero-order chi connectivity index (χ0) is 10.8. The minimum Gasteiger partial charge on any atom is -0.264 e. The summed E-state index contributed by atoms with van der Waals surface area (Å²) in [5.74, 6) is 0. The van der Waals surface area contributed by atoms with E-state index in [0.29, 0.717) is 10.3 Å². The molecule has 15 heavy (non-hydrogen) atoms. The molecule has 5 heteroatoms. The normalized spacial score (nSPS) is 10.3. The van der Waals surface area contributed by atoms with Crippen LogP contribution in [0.1, 0.15) is 5.56 Å². The molecule has 2 aromatic rings. The Balaban J connectivity index is 2.64. The maximum Gasteiger partial charge on any atom is 0.159 e. The average molecular weight is 240 g/mol. The zero-order valence-corrected chi connectivity index (χ0v) is 9.42. The third-order valence-corrected chi connectivity index (χ3v) is 2.51. The number of hydrogen-bond donors (Lipinski definition) is 0. The van der Waals surface area contributed by atoms with Gasteiger partial charge in [-0.3, -0.25) is 4.98 Å². The monoisotopic (exact) mass is 239 g/mol. The maximum atomic E-state index is 5.94. The number of rotatable bonds is 1. The molecule has 0 aliphatic heterocycles. The van der Waals surface area contributed by atoms with Gasteiger partial charge in [-0.15, -0.1) is 10.2 Å². The van der Waals surface area contributed by atoms with E-state index in [1.807, 2.05) is 13.0 Å². The number of pyridine rings is 1. The average Bonchev–Trinajstić information content (AvgIpc) is 2.23. The largest absolute Gasteiger partial charge is 0.264 e. The van der Waals surface area contributed by atoms with Gasteiger partial charge in [0.25, 0.3) is 0 Å². The molecule has 0 unspecified atom stereocenters. The summed E-state index contributed by atoms with van der Waals surface area (Å²) in [6.07, 6.45) is 3.46. The van der Waals surface area contributed by atoms with Crippen LogP contribution in [0.5, 0.6) is 0 Å². The Bertz CT molecular complexity index is 500. The second-order valence-corrected chi connectivity index (χ2v) is 3.81. The molecule has 3 nitrogen and oxygen atoms in total. The zero-order valence-electron chi connectivity index (χ0n) is 7.91. The highest BCUT2D eigenvalue weighted by Gasteiger charge is 2.08. The van der Waals surface area contributed by atoms with E-state index >= 15 is 0 Å². The molecule has 0 saturated heterocycles. The van der Waals surface area contributed by atoms with Crippen LogP contribution in [0.25, 0.3) is 11.1 Å². The molecule has 2 heterocycles. The van der Waals surface area contributed by atoms with Crippen LogP contribution in [0, 0.1) is 6.92 Å². The van der Waals surface area contributed by atoms with Gasteiger partial charge in [-0.2, -0.15) is 0 Å². The van der Waals surface area contributed by atoms with E-state index in [4.69, 9.17) is 23.2 Å². The fourth-order valence-electron chi connectivity index (χ4n) is 1.29. The number of halogens is 2. The molecule has 76 valence electrons. The van der Waals surface area contributed by atoms with E-state index in [1.54, 1.807) is 18.5 Å². The standard InChI is InChI=1S/C10H7Cl2N3/c1-6-2-3-13-5-8(6)7-4-9(11)14-15-10(7)12/h2-5H,1H3. The van der Waals surface area contributed by atoms with E-state index in [2.05, 4.69) is 15.2 Å². The highest BCUT2D eigenvalue weighted by atomic mass is 35.5. The Morgan fingerprint density at radius 1 is 1.13 bits per heavy atom. The molecular formula is C10H7Cl2N3. The van der Waals surface area contributed by atoms with Crippen LogP contribution in [0.2, 0.25) is 10.3 Å². The SMILES string of the molecule is Cc1ccncc1-c1cc(Cl)nnc1Cl. The minimum absolute atomic E-state index is 0.317. The maximum absolute atomic E-state index is 5.94. The number of hydrogen-bond acceptors (Lipinski definition) is 3. The Labute approximate surface area is 97.1 Å². The van der Waals surface area contributed by atoms with Crippen molar-refractivity contribution in [3.63, 3.8) is 0 Å². The summed E-state index contributed by atoms with van der Waals surface area (Å²) in [7, 11) is 0. The summed E-state index contributed by atoms with van der Waals surface area (Å²) in [5.41, 5.74) is 2.73. The van der Waals surface area contributed by atoms with E-state index < -0.39 is 0 Å². The molecule has 0 N–H and O–H groups in total. The lowest BCUT2D eigenvalue weighted by atomic mass is 10.1. The van der Waals surface area contributed by atoms with Gasteiger partial charge in [-0.05, 0) is 24.6 Å². The summed E-state index contributed by atoms with van der Waals surface area (Å²) < 4.78 is 0. The van der Waals surface area contributed by atoms with Crippen molar-refractivity contribution >= 4 is 23.2 Å². The second kappa shape index (κ2) is 4.13. The topological polar surface area (TPSA) is 38.7 Å². The Kier molecular flexibility index (Phi) is 2.84. The highest BCUT2D eigenvalue weighted by Crippen LogP contribution is 2.28. The molecule has 0 radical (unpaired) electrons. The smallest absolute Gasteiger partial charge is 0.159 e. The Morgan fingerprint density at radius 2 is 1.93 bits per heavy atom. The van der Waals surface area contributed by atoms with Gasteiger partial charge in [0, 0.05) is 23.5 Å². The first kappa shape index (κ1) is 10.3. The first-order chi connectivity index (χ1) is 7.18. The summed E-state index contributed by atoms with van der Waals surface area (Å²) >= 11 is 11.7. The van der Waals surface area contributed by atoms with Crippen LogP contribution in [-0.4, -0.2) is 15.2 Å². The second-order valence-electron chi connectivity index (χ2n) is 3.06. The third-order valence-electron chi connectivity index (χ3n) is 2.05. The summed E-state index contributed by atoms with van der Waals surface area (Å²) in [5, 5.41) is 8.06. The van der Waals surface area contributed by atoms with Gasteiger partial charge in [0.05, 0.1) is 0 Å². The minimum atomic E-state index is 0.317. The predicted octanol–water partition coefficient (Wildman–Crippen LogP) is 3.15. The van der Waals surface area contributed by atoms with Crippen molar-refractivity contribution < 1.29 is 0 Å². The van der Waals surface area contributed by atoms with E-state index in [1.165, 1.54) is 0 Å². The van der Waals surface area contributed by atoms with Crippen molar-refractivity contribution in [2.24, 2.45) is 0 Å². The highest BCUT2D eigenvalue weighted by molar-refractivity contribution is 6.33. The number of nitrogens with zero attached hydrogens (tertiary/aromatic N) is 3. The van der Waals surface area contributed by atoms with Gasteiger partial charge in [0.2, 0.25) is 0 Å². The van der Waals surface area contributed by atoms with Gasteiger partial charge >= 0.3 is 0 Å². The Morgan fingerprint density at radius 3 is 2.67 bits per heavy atom. The molecule has 0 aliphatic rings. The summed E-state index contributed by atoms with van der Waals surface area (Å²) in [6.45, 7) is 1.97. The van der Waals surface area contributed by atoms with Gasteiger partial charge in [0.1, 0.15) is 0 Å². The van der Waals surface area contributed by atoms with Crippen molar-refractivity contribution in [2.75, 3.05) is 0 Å². The third kappa shape index (κ3) is 2.08. The van der Waals surface area contributed by atoms with E-state index in [0.717, 1.165) is 16.7 Å². The van der Waals surface area contributed by atoms with Gasteiger partial charge in [0.15, 0.2) is 10.3 Å². The summed E-state index contributed by atoms with van der Waals surface area (Å²) in [4.78, 5) is 4.04. The molecule has 0 aliphatic carbocycles. The van der Waals surface area contributed by atoms with Crippen LogP contribution in [-0.2, 0) is 0 Å². The van der Waals surface area contributed by atoms with Crippen molar-refractivity contribution in [3.05, 3.63) is 40.4 Å².